The lowest BCUT2D eigenvalue weighted by Gasteiger charge is -2.22. The van der Waals surface area contributed by atoms with Crippen LogP contribution in [0, 0.1) is 17.8 Å². The molecule has 2 fully saturated rings. The summed E-state index contributed by atoms with van der Waals surface area (Å²) in [6.45, 7) is 6.32. The van der Waals surface area contributed by atoms with Crippen molar-refractivity contribution in [3.05, 3.63) is 11.9 Å². The molecule has 1 aromatic heterocycles. The van der Waals surface area contributed by atoms with E-state index in [2.05, 4.69) is 40.5 Å². The van der Waals surface area contributed by atoms with Gasteiger partial charge < -0.3 is 10.6 Å². The molecule has 0 amide bonds. The van der Waals surface area contributed by atoms with Gasteiger partial charge in [0.1, 0.15) is 17.5 Å². The Labute approximate surface area is 128 Å². The lowest BCUT2D eigenvalue weighted by Crippen LogP contribution is -2.21. The van der Waals surface area contributed by atoms with E-state index in [-0.39, 0.29) is 0 Å². The Morgan fingerprint density at radius 2 is 1.90 bits per heavy atom. The largest absolute Gasteiger partial charge is 0.370 e. The number of nitrogens with zero attached hydrogens (tertiary/aromatic N) is 2. The first kappa shape index (κ1) is 14.6. The Morgan fingerprint density at radius 3 is 2.52 bits per heavy atom. The molecule has 0 radical (unpaired) electrons. The number of hydrogen-bond acceptors (Lipinski definition) is 4. The molecule has 116 valence electrons. The molecular weight excluding hydrogens is 260 g/mol. The summed E-state index contributed by atoms with van der Waals surface area (Å²) < 4.78 is 0. The lowest BCUT2D eigenvalue weighted by molar-refractivity contribution is 0.348. The second kappa shape index (κ2) is 6.63. The molecule has 2 aliphatic rings. The van der Waals surface area contributed by atoms with Crippen molar-refractivity contribution in [2.24, 2.45) is 17.8 Å². The summed E-state index contributed by atoms with van der Waals surface area (Å²) >= 11 is 0. The Bertz CT molecular complexity index is 474. The minimum absolute atomic E-state index is 0.857. The van der Waals surface area contributed by atoms with Crippen molar-refractivity contribution in [3.63, 3.8) is 0 Å². The minimum atomic E-state index is 0.857. The number of anilines is 2. The second-order valence-corrected chi connectivity index (χ2v) is 6.65. The molecule has 21 heavy (non-hydrogen) atoms. The molecule has 3 atom stereocenters. The molecule has 0 saturated heterocycles. The standard InChI is InChI=1S/C17H28N4/c1-3-7-18-16-10-17(21-15(4-2)20-16)19-11-14-9-12-5-6-13(14)8-12/h10,12-14H,3-9,11H2,1-2H3,(H2,18,19,20,21). The summed E-state index contributed by atoms with van der Waals surface area (Å²) in [5.41, 5.74) is 0. The van der Waals surface area contributed by atoms with Crippen LogP contribution in [0.2, 0.25) is 0 Å². The molecule has 2 aliphatic carbocycles. The number of nitrogens with one attached hydrogen (secondary N) is 2. The Hall–Kier alpha value is -1.32. The molecular formula is C17H28N4. The van der Waals surface area contributed by atoms with Crippen molar-refractivity contribution >= 4 is 11.6 Å². The molecule has 1 aromatic rings. The SMILES string of the molecule is CCCNc1cc(NCC2CC3CCC2C3)nc(CC)n1. The van der Waals surface area contributed by atoms with Gasteiger partial charge in [-0.25, -0.2) is 9.97 Å². The number of aryl methyl sites for hydroxylation is 1. The molecule has 2 N–H and O–H groups in total. The maximum Gasteiger partial charge on any atom is 0.132 e. The molecule has 3 rings (SSSR count). The Morgan fingerprint density at radius 1 is 1.10 bits per heavy atom. The van der Waals surface area contributed by atoms with E-state index in [0.29, 0.717) is 0 Å². The van der Waals surface area contributed by atoms with E-state index in [1.54, 1.807) is 0 Å². The van der Waals surface area contributed by atoms with Gasteiger partial charge >= 0.3 is 0 Å². The van der Waals surface area contributed by atoms with Gasteiger partial charge in [0.2, 0.25) is 0 Å². The highest BCUT2D eigenvalue weighted by Gasteiger charge is 2.39. The fourth-order valence-electron chi connectivity index (χ4n) is 3.95. The smallest absolute Gasteiger partial charge is 0.132 e. The van der Waals surface area contributed by atoms with Gasteiger partial charge in [-0.3, -0.25) is 0 Å². The summed E-state index contributed by atoms with van der Waals surface area (Å²) in [6, 6.07) is 2.06. The van der Waals surface area contributed by atoms with Crippen LogP contribution in [-0.2, 0) is 6.42 Å². The number of rotatable bonds is 7. The first-order valence-electron chi connectivity index (χ1n) is 8.64. The van der Waals surface area contributed by atoms with Crippen molar-refractivity contribution < 1.29 is 0 Å². The third kappa shape index (κ3) is 3.47. The molecule has 4 nitrogen and oxygen atoms in total. The highest BCUT2D eigenvalue weighted by atomic mass is 15.1. The summed E-state index contributed by atoms with van der Waals surface area (Å²) in [6.07, 6.45) is 7.80. The van der Waals surface area contributed by atoms with E-state index in [1.165, 1.54) is 25.7 Å². The molecule has 0 spiro atoms. The van der Waals surface area contributed by atoms with Crippen molar-refractivity contribution in [3.8, 4) is 0 Å². The molecule has 2 bridgehead atoms. The predicted molar refractivity (Wildman–Crippen MR) is 87.6 cm³/mol. The zero-order valence-electron chi connectivity index (χ0n) is 13.4. The molecule has 4 heteroatoms. The van der Waals surface area contributed by atoms with Gasteiger partial charge in [0.05, 0.1) is 0 Å². The Balaban J connectivity index is 1.61. The quantitative estimate of drug-likeness (QED) is 0.803. The van der Waals surface area contributed by atoms with E-state index in [9.17, 15) is 0 Å². The zero-order valence-corrected chi connectivity index (χ0v) is 13.4. The molecule has 3 unspecified atom stereocenters. The van der Waals surface area contributed by atoms with Crippen molar-refractivity contribution in [1.29, 1.82) is 0 Å². The first-order valence-corrected chi connectivity index (χ1v) is 8.64. The molecule has 2 saturated carbocycles. The summed E-state index contributed by atoms with van der Waals surface area (Å²) in [5.74, 6) is 5.71. The summed E-state index contributed by atoms with van der Waals surface area (Å²) in [7, 11) is 0. The van der Waals surface area contributed by atoms with Crippen molar-refractivity contribution in [2.75, 3.05) is 23.7 Å². The van der Waals surface area contributed by atoms with Gasteiger partial charge in [0, 0.05) is 25.6 Å². The van der Waals surface area contributed by atoms with Crippen LogP contribution in [0.15, 0.2) is 6.07 Å². The van der Waals surface area contributed by atoms with E-state index < -0.39 is 0 Å². The second-order valence-electron chi connectivity index (χ2n) is 6.65. The van der Waals surface area contributed by atoms with Gasteiger partial charge in [-0.1, -0.05) is 20.3 Å². The number of hydrogen-bond donors (Lipinski definition) is 2. The van der Waals surface area contributed by atoms with Crippen LogP contribution in [-0.4, -0.2) is 23.1 Å². The number of aromatic nitrogens is 2. The summed E-state index contributed by atoms with van der Waals surface area (Å²) in [4.78, 5) is 9.17. The highest BCUT2D eigenvalue weighted by Crippen LogP contribution is 2.48. The third-order valence-corrected chi connectivity index (χ3v) is 5.07. The van der Waals surface area contributed by atoms with E-state index in [1.807, 2.05) is 0 Å². The predicted octanol–water partition coefficient (Wildman–Crippen LogP) is 3.71. The average Bonchev–Trinajstić information content (AvgIpc) is 3.13. The van der Waals surface area contributed by atoms with Gasteiger partial charge in [-0.2, -0.15) is 0 Å². The van der Waals surface area contributed by atoms with Gasteiger partial charge in [-0.05, 0) is 43.4 Å². The van der Waals surface area contributed by atoms with Gasteiger partial charge in [0.25, 0.3) is 0 Å². The minimum Gasteiger partial charge on any atom is -0.370 e. The molecule has 0 aliphatic heterocycles. The highest BCUT2D eigenvalue weighted by molar-refractivity contribution is 5.47. The third-order valence-electron chi connectivity index (χ3n) is 5.07. The van der Waals surface area contributed by atoms with Crippen molar-refractivity contribution in [1.82, 2.24) is 9.97 Å². The monoisotopic (exact) mass is 288 g/mol. The van der Waals surface area contributed by atoms with Crippen LogP contribution >= 0.6 is 0 Å². The zero-order chi connectivity index (χ0) is 14.7. The van der Waals surface area contributed by atoms with E-state index in [0.717, 1.165) is 61.1 Å². The van der Waals surface area contributed by atoms with Crippen LogP contribution in [0.1, 0.15) is 51.8 Å². The Kier molecular flexibility index (Phi) is 4.61. The van der Waals surface area contributed by atoms with Gasteiger partial charge in [-0.15, -0.1) is 0 Å². The van der Waals surface area contributed by atoms with Crippen LogP contribution in [0.4, 0.5) is 11.6 Å². The molecule has 1 heterocycles. The van der Waals surface area contributed by atoms with Crippen LogP contribution in [0.5, 0.6) is 0 Å². The normalized spacial score (nSPS) is 27.0. The fraction of sp³-hybridized carbons (Fsp3) is 0.765. The van der Waals surface area contributed by atoms with Crippen LogP contribution in [0.25, 0.3) is 0 Å². The van der Waals surface area contributed by atoms with E-state index in [4.69, 9.17) is 0 Å². The average molecular weight is 288 g/mol. The van der Waals surface area contributed by atoms with Gasteiger partial charge in [0.15, 0.2) is 0 Å². The first-order chi connectivity index (χ1) is 10.3. The van der Waals surface area contributed by atoms with Crippen LogP contribution in [0.3, 0.4) is 0 Å². The number of fused-ring (bicyclic) bond motifs is 2. The fourth-order valence-corrected chi connectivity index (χ4v) is 3.95. The topological polar surface area (TPSA) is 49.8 Å². The van der Waals surface area contributed by atoms with Crippen molar-refractivity contribution in [2.45, 2.75) is 52.4 Å². The van der Waals surface area contributed by atoms with E-state index >= 15 is 0 Å². The lowest BCUT2D eigenvalue weighted by atomic mass is 9.89. The summed E-state index contributed by atoms with van der Waals surface area (Å²) in [5, 5.41) is 6.95. The van der Waals surface area contributed by atoms with Crippen LogP contribution < -0.4 is 10.6 Å². The molecule has 0 aromatic carbocycles. The maximum absolute atomic E-state index is 4.62. The maximum atomic E-state index is 4.62.